The van der Waals surface area contributed by atoms with E-state index in [0.29, 0.717) is 16.1 Å². The molecule has 0 aliphatic carbocycles. The Morgan fingerprint density at radius 1 is 1.14 bits per heavy atom. The molecule has 10 heteroatoms. The highest BCUT2D eigenvalue weighted by molar-refractivity contribution is 7.16. The van der Waals surface area contributed by atoms with Crippen molar-refractivity contribution in [3.05, 3.63) is 49.9 Å². The standard InChI is InChI=1S/C18H19N3O6S/c1-9-11(3)28-17(19-12(4)22)16(9)18(24)27-8-15(23)20-13-6-5-7-14(10(13)2)21(25)26/h5-7H,8H2,1-4H3,(H,19,22)(H,20,23). The second kappa shape index (κ2) is 8.61. The lowest BCUT2D eigenvalue weighted by Crippen LogP contribution is -2.22. The highest BCUT2D eigenvalue weighted by Crippen LogP contribution is 2.33. The summed E-state index contributed by atoms with van der Waals surface area (Å²) >= 11 is 1.24. The zero-order valence-electron chi connectivity index (χ0n) is 15.7. The van der Waals surface area contributed by atoms with Gasteiger partial charge in [0.25, 0.3) is 11.6 Å². The van der Waals surface area contributed by atoms with Gasteiger partial charge in [-0.05, 0) is 32.4 Å². The van der Waals surface area contributed by atoms with Gasteiger partial charge in [0.15, 0.2) is 6.61 Å². The minimum Gasteiger partial charge on any atom is -0.452 e. The fourth-order valence-electron chi connectivity index (χ4n) is 2.47. The van der Waals surface area contributed by atoms with E-state index in [2.05, 4.69) is 10.6 Å². The summed E-state index contributed by atoms with van der Waals surface area (Å²) in [5.74, 6) is -1.70. The van der Waals surface area contributed by atoms with Crippen LogP contribution in [0.25, 0.3) is 0 Å². The number of carbonyl (C=O) groups is 3. The van der Waals surface area contributed by atoms with Crippen molar-refractivity contribution in [2.24, 2.45) is 0 Å². The second-order valence-corrected chi connectivity index (χ2v) is 7.22. The number of ether oxygens (including phenoxy) is 1. The molecule has 2 aromatic rings. The Morgan fingerprint density at radius 3 is 2.43 bits per heavy atom. The first kappa shape index (κ1) is 21.0. The number of esters is 1. The minimum atomic E-state index is -0.739. The molecule has 2 rings (SSSR count). The lowest BCUT2D eigenvalue weighted by atomic mass is 10.1. The zero-order chi connectivity index (χ0) is 21.0. The highest BCUT2D eigenvalue weighted by Gasteiger charge is 2.23. The van der Waals surface area contributed by atoms with Gasteiger partial charge in [-0.25, -0.2) is 4.79 Å². The molecule has 1 aromatic carbocycles. The highest BCUT2D eigenvalue weighted by atomic mass is 32.1. The number of rotatable bonds is 6. The van der Waals surface area contributed by atoms with E-state index < -0.39 is 23.4 Å². The van der Waals surface area contributed by atoms with Crippen molar-refractivity contribution < 1.29 is 24.0 Å². The lowest BCUT2D eigenvalue weighted by molar-refractivity contribution is -0.385. The van der Waals surface area contributed by atoms with E-state index in [-0.39, 0.29) is 22.8 Å². The number of hydrogen-bond donors (Lipinski definition) is 2. The molecule has 1 aromatic heterocycles. The van der Waals surface area contributed by atoms with Gasteiger partial charge in [-0.15, -0.1) is 11.3 Å². The minimum absolute atomic E-state index is 0.126. The fraction of sp³-hybridized carbons (Fsp3) is 0.278. The number of benzene rings is 1. The molecule has 0 saturated heterocycles. The molecule has 0 aliphatic rings. The Morgan fingerprint density at radius 2 is 1.82 bits per heavy atom. The van der Waals surface area contributed by atoms with Crippen LogP contribution < -0.4 is 10.6 Å². The Bertz CT molecular complexity index is 966. The summed E-state index contributed by atoms with van der Waals surface area (Å²) in [4.78, 5) is 47.1. The molecule has 0 aliphatic heterocycles. The molecule has 0 bridgehead atoms. The van der Waals surface area contributed by atoms with Crippen LogP contribution in [0.5, 0.6) is 0 Å². The monoisotopic (exact) mass is 405 g/mol. The summed E-state index contributed by atoms with van der Waals surface area (Å²) in [6.07, 6.45) is 0. The molecule has 9 nitrogen and oxygen atoms in total. The Labute approximate surface area is 164 Å². The predicted octanol–water partition coefficient (Wildman–Crippen LogP) is 3.34. The number of nitro groups is 1. The Hall–Kier alpha value is -3.27. The summed E-state index contributed by atoms with van der Waals surface area (Å²) in [5, 5.41) is 16.4. The van der Waals surface area contributed by atoms with Crippen molar-refractivity contribution in [2.75, 3.05) is 17.2 Å². The smallest absolute Gasteiger partial charge is 0.341 e. The van der Waals surface area contributed by atoms with Crippen LogP contribution in [-0.2, 0) is 14.3 Å². The van der Waals surface area contributed by atoms with Gasteiger partial charge >= 0.3 is 5.97 Å². The molecule has 2 N–H and O–H groups in total. The van der Waals surface area contributed by atoms with Crippen LogP contribution in [0, 0.1) is 30.9 Å². The summed E-state index contributed by atoms with van der Waals surface area (Å²) in [6, 6.07) is 4.30. The van der Waals surface area contributed by atoms with Gasteiger partial charge in [-0.2, -0.15) is 0 Å². The van der Waals surface area contributed by atoms with Crippen molar-refractivity contribution >= 4 is 45.5 Å². The van der Waals surface area contributed by atoms with E-state index in [0.717, 1.165) is 4.88 Å². The van der Waals surface area contributed by atoms with E-state index in [1.165, 1.54) is 43.4 Å². The largest absolute Gasteiger partial charge is 0.452 e. The van der Waals surface area contributed by atoms with Gasteiger partial charge in [-0.3, -0.25) is 19.7 Å². The summed E-state index contributed by atoms with van der Waals surface area (Å²) < 4.78 is 5.07. The number of amides is 2. The van der Waals surface area contributed by atoms with Crippen LogP contribution in [0.1, 0.15) is 33.3 Å². The number of nitro benzene ring substituents is 1. The van der Waals surface area contributed by atoms with Crippen LogP contribution in [0.15, 0.2) is 18.2 Å². The van der Waals surface area contributed by atoms with Gasteiger partial charge in [0.1, 0.15) is 5.00 Å². The zero-order valence-corrected chi connectivity index (χ0v) is 16.6. The number of thiophene rings is 1. The molecule has 0 fully saturated rings. The average molecular weight is 405 g/mol. The number of nitrogens with zero attached hydrogens (tertiary/aromatic N) is 1. The van der Waals surface area contributed by atoms with E-state index in [1.54, 1.807) is 13.8 Å². The third-order valence-electron chi connectivity index (χ3n) is 3.99. The van der Waals surface area contributed by atoms with Gasteiger partial charge in [0.05, 0.1) is 21.7 Å². The summed E-state index contributed by atoms with van der Waals surface area (Å²) in [6.45, 7) is 5.79. The summed E-state index contributed by atoms with van der Waals surface area (Å²) in [7, 11) is 0. The van der Waals surface area contributed by atoms with E-state index in [4.69, 9.17) is 4.74 Å². The van der Waals surface area contributed by atoms with Crippen molar-refractivity contribution in [3.8, 4) is 0 Å². The van der Waals surface area contributed by atoms with Crippen molar-refractivity contribution in [3.63, 3.8) is 0 Å². The molecule has 0 radical (unpaired) electrons. The van der Waals surface area contributed by atoms with E-state index >= 15 is 0 Å². The van der Waals surface area contributed by atoms with Gasteiger partial charge < -0.3 is 15.4 Å². The fourth-order valence-corrected chi connectivity index (χ4v) is 3.56. The molecule has 28 heavy (non-hydrogen) atoms. The quantitative estimate of drug-likeness (QED) is 0.431. The molecular formula is C18H19N3O6S. The van der Waals surface area contributed by atoms with Crippen molar-refractivity contribution in [2.45, 2.75) is 27.7 Å². The van der Waals surface area contributed by atoms with Gasteiger partial charge in [-0.1, -0.05) is 6.07 Å². The second-order valence-electron chi connectivity index (χ2n) is 6.00. The number of nitrogens with one attached hydrogen (secondary N) is 2. The van der Waals surface area contributed by atoms with E-state index in [1.807, 2.05) is 0 Å². The van der Waals surface area contributed by atoms with Crippen LogP contribution in [0.4, 0.5) is 16.4 Å². The molecule has 2 amide bonds. The van der Waals surface area contributed by atoms with Crippen LogP contribution in [0.2, 0.25) is 0 Å². The first-order valence-electron chi connectivity index (χ1n) is 8.20. The lowest BCUT2D eigenvalue weighted by Gasteiger charge is -2.10. The molecule has 0 atom stereocenters. The number of anilines is 2. The van der Waals surface area contributed by atoms with Crippen LogP contribution >= 0.6 is 11.3 Å². The van der Waals surface area contributed by atoms with Crippen molar-refractivity contribution in [1.82, 2.24) is 0 Å². The molecular weight excluding hydrogens is 386 g/mol. The number of carbonyl (C=O) groups excluding carboxylic acids is 3. The van der Waals surface area contributed by atoms with E-state index in [9.17, 15) is 24.5 Å². The maximum absolute atomic E-state index is 12.4. The number of aryl methyl sites for hydroxylation is 1. The Kier molecular flexibility index (Phi) is 6.47. The third kappa shape index (κ3) is 4.71. The Balaban J connectivity index is 2.08. The molecule has 0 spiro atoms. The molecule has 0 saturated carbocycles. The topological polar surface area (TPSA) is 128 Å². The maximum atomic E-state index is 12.4. The average Bonchev–Trinajstić information content (AvgIpc) is 2.87. The van der Waals surface area contributed by atoms with Crippen molar-refractivity contribution in [1.29, 1.82) is 0 Å². The number of hydrogen-bond acceptors (Lipinski definition) is 7. The SMILES string of the molecule is CC(=O)Nc1sc(C)c(C)c1C(=O)OCC(=O)Nc1cccc([N+](=O)[O-])c1C. The summed E-state index contributed by atoms with van der Waals surface area (Å²) in [5.41, 5.74) is 1.30. The molecule has 148 valence electrons. The first-order chi connectivity index (χ1) is 13.1. The molecule has 0 unspecified atom stereocenters. The maximum Gasteiger partial charge on any atom is 0.341 e. The normalized spacial score (nSPS) is 10.3. The molecule has 1 heterocycles. The van der Waals surface area contributed by atoms with Crippen LogP contribution in [-0.4, -0.2) is 29.3 Å². The predicted molar refractivity (Wildman–Crippen MR) is 105 cm³/mol. The van der Waals surface area contributed by atoms with Gasteiger partial charge in [0, 0.05) is 17.9 Å². The third-order valence-corrected chi connectivity index (χ3v) is 5.11. The first-order valence-corrected chi connectivity index (χ1v) is 9.02. The van der Waals surface area contributed by atoms with Crippen LogP contribution in [0.3, 0.4) is 0 Å². The van der Waals surface area contributed by atoms with Gasteiger partial charge in [0.2, 0.25) is 5.91 Å².